The molecule has 100 valence electrons. The number of methoxy groups -OCH3 is 1. The Morgan fingerprint density at radius 1 is 1.33 bits per heavy atom. The van der Waals surface area contributed by atoms with Crippen LogP contribution in [0.15, 0.2) is 12.4 Å². The second-order valence-corrected chi connectivity index (χ2v) is 3.54. The van der Waals surface area contributed by atoms with E-state index in [0.29, 0.717) is 26.4 Å². The largest absolute Gasteiger partial charge is 0.382 e. The Balaban J connectivity index is 2.12. The number of nitrogens with one attached hydrogen (secondary N) is 1. The topological polar surface area (TPSA) is 99.4 Å². The fraction of sp³-hybridized carbons (Fsp3) is 0.545. The second-order valence-electron chi connectivity index (χ2n) is 3.54. The number of nitrogens with two attached hydrogens (primary N) is 1. The van der Waals surface area contributed by atoms with E-state index in [1.165, 1.54) is 12.4 Å². The van der Waals surface area contributed by atoms with E-state index in [1.807, 2.05) is 0 Å². The van der Waals surface area contributed by atoms with Gasteiger partial charge in [-0.2, -0.15) is 0 Å². The van der Waals surface area contributed by atoms with Gasteiger partial charge in [0.15, 0.2) is 0 Å². The first-order valence-electron chi connectivity index (χ1n) is 5.66. The fourth-order valence-electron chi connectivity index (χ4n) is 1.17. The van der Waals surface area contributed by atoms with Crippen LogP contribution in [0.25, 0.3) is 0 Å². The fourth-order valence-corrected chi connectivity index (χ4v) is 1.17. The number of aromatic nitrogens is 2. The number of anilines is 1. The van der Waals surface area contributed by atoms with Gasteiger partial charge in [0.25, 0.3) is 5.91 Å². The Labute approximate surface area is 106 Å². The summed E-state index contributed by atoms with van der Waals surface area (Å²) < 4.78 is 10.1. The average Bonchev–Trinajstić information content (AvgIpc) is 2.38. The summed E-state index contributed by atoms with van der Waals surface area (Å²) in [6, 6.07) is 0. The van der Waals surface area contributed by atoms with Crippen molar-refractivity contribution in [3.8, 4) is 0 Å². The molecule has 0 bridgehead atoms. The van der Waals surface area contributed by atoms with E-state index in [4.69, 9.17) is 15.2 Å². The predicted molar refractivity (Wildman–Crippen MR) is 66.1 cm³/mol. The molecule has 1 amide bonds. The molecule has 7 nitrogen and oxygen atoms in total. The molecule has 0 saturated heterocycles. The van der Waals surface area contributed by atoms with E-state index in [2.05, 4.69) is 15.3 Å². The van der Waals surface area contributed by atoms with Crippen LogP contribution in [-0.4, -0.2) is 49.4 Å². The lowest BCUT2D eigenvalue weighted by atomic mass is 10.4. The Kier molecular flexibility index (Phi) is 6.67. The van der Waals surface area contributed by atoms with Crippen molar-refractivity contribution in [2.75, 3.05) is 39.2 Å². The lowest BCUT2D eigenvalue weighted by molar-refractivity contribution is 0.0688. The zero-order valence-electron chi connectivity index (χ0n) is 10.4. The summed E-state index contributed by atoms with van der Waals surface area (Å²) in [5.41, 5.74) is 5.63. The Morgan fingerprint density at radius 2 is 2.17 bits per heavy atom. The lowest BCUT2D eigenvalue weighted by Gasteiger charge is -2.05. The van der Waals surface area contributed by atoms with Gasteiger partial charge in [0.1, 0.15) is 11.5 Å². The molecular formula is C11H18N4O3. The van der Waals surface area contributed by atoms with Crippen LogP contribution < -0.4 is 11.1 Å². The van der Waals surface area contributed by atoms with Crippen LogP contribution in [0.2, 0.25) is 0 Å². The maximum Gasteiger partial charge on any atom is 0.271 e. The number of rotatable bonds is 8. The van der Waals surface area contributed by atoms with Crippen LogP contribution in [0.1, 0.15) is 16.9 Å². The molecule has 7 heteroatoms. The molecule has 0 aliphatic rings. The molecule has 0 radical (unpaired) electrons. The molecular weight excluding hydrogens is 236 g/mol. The van der Waals surface area contributed by atoms with Gasteiger partial charge < -0.3 is 20.5 Å². The number of amides is 1. The van der Waals surface area contributed by atoms with Gasteiger partial charge >= 0.3 is 0 Å². The molecule has 1 rings (SSSR count). The van der Waals surface area contributed by atoms with Crippen LogP contribution in [0.4, 0.5) is 5.82 Å². The van der Waals surface area contributed by atoms with E-state index in [-0.39, 0.29) is 17.4 Å². The van der Waals surface area contributed by atoms with Crippen molar-refractivity contribution in [3.05, 3.63) is 18.1 Å². The van der Waals surface area contributed by atoms with Crippen molar-refractivity contribution in [2.24, 2.45) is 0 Å². The van der Waals surface area contributed by atoms with Gasteiger partial charge in [0.05, 0.1) is 25.6 Å². The lowest BCUT2D eigenvalue weighted by Crippen LogP contribution is -2.26. The molecule has 1 heterocycles. The molecule has 0 saturated carbocycles. The van der Waals surface area contributed by atoms with Gasteiger partial charge in [-0.05, 0) is 6.42 Å². The highest BCUT2D eigenvalue weighted by Gasteiger charge is 2.06. The minimum absolute atomic E-state index is 0.254. The average molecular weight is 254 g/mol. The first-order chi connectivity index (χ1) is 8.74. The molecule has 0 fully saturated rings. The smallest absolute Gasteiger partial charge is 0.271 e. The second kappa shape index (κ2) is 8.37. The molecule has 0 aliphatic heterocycles. The minimum atomic E-state index is -0.264. The standard InChI is InChI=1S/C11H18N4O3/c1-17-5-6-18-4-2-3-13-11(16)9-7-15-10(12)8-14-9/h7-8H,2-6H2,1H3,(H2,12,15)(H,13,16). The Morgan fingerprint density at radius 3 is 2.83 bits per heavy atom. The first kappa shape index (κ1) is 14.3. The summed E-state index contributed by atoms with van der Waals surface area (Å²) >= 11 is 0. The van der Waals surface area contributed by atoms with Crippen LogP contribution in [0.3, 0.4) is 0 Å². The third-order valence-corrected chi connectivity index (χ3v) is 2.09. The van der Waals surface area contributed by atoms with Gasteiger partial charge in [-0.3, -0.25) is 4.79 Å². The molecule has 3 N–H and O–H groups in total. The normalized spacial score (nSPS) is 10.3. The number of hydrogen-bond acceptors (Lipinski definition) is 6. The molecule has 0 aromatic carbocycles. The maximum absolute atomic E-state index is 11.6. The zero-order chi connectivity index (χ0) is 13.2. The number of carbonyl (C=O) groups excluding carboxylic acids is 1. The highest BCUT2D eigenvalue weighted by Crippen LogP contribution is 1.95. The molecule has 0 aliphatic carbocycles. The number of carbonyl (C=O) groups is 1. The van der Waals surface area contributed by atoms with Gasteiger partial charge in [-0.25, -0.2) is 9.97 Å². The molecule has 1 aromatic rings. The molecule has 0 atom stereocenters. The highest BCUT2D eigenvalue weighted by molar-refractivity contribution is 5.91. The van der Waals surface area contributed by atoms with Crippen molar-refractivity contribution < 1.29 is 14.3 Å². The van der Waals surface area contributed by atoms with Gasteiger partial charge in [0, 0.05) is 20.3 Å². The van der Waals surface area contributed by atoms with Crippen LogP contribution >= 0.6 is 0 Å². The van der Waals surface area contributed by atoms with Crippen molar-refractivity contribution in [2.45, 2.75) is 6.42 Å². The van der Waals surface area contributed by atoms with E-state index in [0.717, 1.165) is 6.42 Å². The summed E-state index contributed by atoms with van der Waals surface area (Å²) in [5.74, 6) is 0.0254. The van der Waals surface area contributed by atoms with E-state index in [9.17, 15) is 4.79 Å². The van der Waals surface area contributed by atoms with Crippen LogP contribution in [0.5, 0.6) is 0 Å². The van der Waals surface area contributed by atoms with E-state index in [1.54, 1.807) is 7.11 Å². The summed E-state index contributed by atoms with van der Waals surface area (Å²) in [5, 5.41) is 2.72. The number of hydrogen-bond donors (Lipinski definition) is 2. The summed E-state index contributed by atoms with van der Waals surface area (Å²) in [4.78, 5) is 19.2. The maximum atomic E-state index is 11.6. The molecule has 0 spiro atoms. The first-order valence-corrected chi connectivity index (χ1v) is 5.66. The van der Waals surface area contributed by atoms with Crippen molar-refractivity contribution in [3.63, 3.8) is 0 Å². The van der Waals surface area contributed by atoms with Crippen LogP contribution in [0, 0.1) is 0 Å². The third kappa shape index (κ3) is 5.55. The summed E-state index contributed by atoms with van der Waals surface area (Å²) in [6.07, 6.45) is 3.43. The van der Waals surface area contributed by atoms with Crippen molar-refractivity contribution >= 4 is 11.7 Å². The van der Waals surface area contributed by atoms with Gasteiger partial charge in [0.2, 0.25) is 0 Å². The number of nitrogens with zero attached hydrogens (tertiary/aromatic N) is 2. The quantitative estimate of drug-likeness (QED) is 0.625. The monoisotopic (exact) mass is 254 g/mol. The molecule has 18 heavy (non-hydrogen) atoms. The molecule has 0 unspecified atom stereocenters. The number of nitrogen functional groups attached to an aromatic ring is 1. The van der Waals surface area contributed by atoms with Crippen molar-refractivity contribution in [1.29, 1.82) is 0 Å². The Hall–Kier alpha value is -1.73. The highest BCUT2D eigenvalue weighted by atomic mass is 16.5. The predicted octanol–water partition coefficient (Wildman–Crippen LogP) is -0.158. The van der Waals surface area contributed by atoms with Crippen molar-refractivity contribution in [1.82, 2.24) is 15.3 Å². The van der Waals surface area contributed by atoms with Crippen LogP contribution in [-0.2, 0) is 9.47 Å². The minimum Gasteiger partial charge on any atom is -0.382 e. The van der Waals surface area contributed by atoms with Gasteiger partial charge in [-0.1, -0.05) is 0 Å². The van der Waals surface area contributed by atoms with Gasteiger partial charge in [-0.15, -0.1) is 0 Å². The summed E-state index contributed by atoms with van der Waals surface area (Å²) in [7, 11) is 1.62. The molecule has 1 aromatic heterocycles. The Bertz CT molecular complexity index is 356. The third-order valence-electron chi connectivity index (χ3n) is 2.09. The SMILES string of the molecule is COCCOCCCNC(=O)c1cnc(N)cn1. The zero-order valence-corrected chi connectivity index (χ0v) is 10.4. The van der Waals surface area contributed by atoms with E-state index < -0.39 is 0 Å². The van der Waals surface area contributed by atoms with E-state index >= 15 is 0 Å². The summed E-state index contributed by atoms with van der Waals surface area (Å²) in [6.45, 7) is 2.25. The number of ether oxygens (including phenoxy) is 2.